The Morgan fingerprint density at radius 2 is 1.20 bits per heavy atom. The summed E-state index contributed by atoms with van der Waals surface area (Å²) in [5.41, 5.74) is 0. The van der Waals surface area contributed by atoms with Crippen molar-refractivity contribution in [1.29, 1.82) is 0 Å². The number of rotatable bonds is 13. The van der Waals surface area contributed by atoms with Gasteiger partial charge >= 0.3 is 11.9 Å². The zero-order valence-electron chi connectivity index (χ0n) is 12.2. The molecule has 0 aliphatic heterocycles. The fourth-order valence-corrected chi connectivity index (χ4v) is 1.19. The van der Waals surface area contributed by atoms with Crippen molar-refractivity contribution in [2.24, 2.45) is 0 Å². The van der Waals surface area contributed by atoms with E-state index < -0.39 is 0 Å². The molecule has 0 saturated heterocycles. The summed E-state index contributed by atoms with van der Waals surface area (Å²) < 4.78 is 24.8. The highest BCUT2D eigenvalue weighted by Gasteiger charge is 2.01. The Labute approximate surface area is 119 Å². The van der Waals surface area contributed by atoms with Gasteiger partial charge in [0.05, 0.1) is 66.2 Å². The molecule has 0 radical (unpaired) electrons. The van der Waals surface area contributed by atoms with Crippen molar-refractivity contribution in [3.63, 3.8) is 0 Å². The van der Waals surface area contributed by atoms with Crippen molar-refractivity contribution >= 4 is 11.9 Å². The van der Waals surface area contributed by atoms with Gasteiger partial charge in [-0.25, -0.2) is 0 Å². The Morgan fingerprint density at radius 3 is 1.65 bits per heavy atom. The molecule has 0 aromatic rings. The summed E-state index contributed by atoms with van der Waals surface area (Å²) in [6.45, 7) is 4.51. The van der Waals surface area contributed by atoms with Crippen molar-refractivity contribution in [1.82, 2.24) is 0 Å². The van der Waals surface area contributed by atoms with E-state index in [2.05, 4.69) is 4.74 Å². The lowest BCUT2D eigenvalue weighted by Crippen LogP contribution is -2.13. The third-order valence-electron chi connectivity index (χ3n) is 2.18. The van der Waals surface area contributed by atoms with Gasteiger partial charge in [0.25, 0.3) is 0 Å². The van der Waals surface area contributed by atoms with E-state index in [-0.39, 0.29) is 24.8 Å². The van der Waals surface area contributed by atoms with E-state index in [9.17, 15) is 9.59 Å². The summed E-state index contributed by atoms with van der Waals surface area (Å²) in [5.74, 6) is -0.548. The standard InChI is InChI=1S/C13H24O7/c1-3-20-13(15)5-7-18-9-11-19-10-8-17-6-4-12(14)16-2/h3-11H2,1-2H3. The number of hydrogen-bond acceptors (Lipinski definition) is 7. The van der Waals surface area contributed by atoms with Crippen molar-refractivity contribution in [3.8, 4) is 0 Å². The highest BCUT2D eigenvalue weighted by Crippen LogP contribution is 1.89. The zero-order valence-corrected chi connectivity index (χ0v) is 12.2. The molecule has 0 aliphatic carbocycles. The lowest BCUT2D eigenvalue weighted by atomic mass is 10.5. The molecule has 20 heavy (non-hydrogen) atoms. The fraction of sp³-hybridized carbons (Fsp3) is 0.846. The smallest absolute Gasteiger partial charge is 0.308 e. The van der Waals surface area contributed by atoms with E-state index in [1.54, 1.807) is 6.92 Å². The zero-order chi connectivity index (χ0) is 15.1. The monoisotopic (exact) mass is 292 g/mol. The summed E-state index contributed by atoms with van der Waals surface area (Å²) in [6.07, 6.45) is 0.498. The number of esters is 2. The molecule has 0 bridgehead atoms. The molecule has 0 N–H and O–H groups in total. The van der Waals surface area contributed by atoms with Gasteiger partial charge in [-0.15, -0.1) is 0 Å². The Bertz CT molecular complexity index is 255. The molecule has 0 aromatic heterocycles. The summed E-state index contributed by atoms with van der Waals surface area (Å²) >= 11 is 0. The molecular weight excluding hydrogens is 268 g/mol. The van der Waals surface area contributed by atoms with E-state index in [1.807, 2.05) is 0 Å². The van der Waals surface area contributed by atoms with Gasteiger partial charge in [-0.3, -0.25) is 9.59 Å². The second kappa shape index (κ2) is 14.2. The maximum Gasteiger partial charge on any atom is 0.308 e. The first-order valence-electron chi connectivity index (χ1n) is 6.66. The van der Waals surface area contributed by atoms with Gasteiger partial charge in [0.15, 0.2) is 0 Å². The molecule has 0 amide bonds. The Morgan fingerprint density at radius 1 is 0.750 bits per heavy atom. The van der Waals surface area contributed by atoms with Crippen LogP contribution in [-0.2, 0) is 33.3 Å². The highest BCUT2D eigenvalue weighted by molar-refractivity contribution is 5.69. The SMILES string of the molecule is CCOC(=O)CCOCCOCCOCCC(=O)OC. The first-order valence-corrected chi connectivity index (χ1v) is 6.66. The highest BCUT2D eigenvalue weighted by atomic mass is 16.6. The quantitative estimate of drug-likeness (QED) is 0.362. The molecule has 7 nitrogen and oxygen atoms in total. The maximum atomic E-state index is 11.0. The van der Waals surface area contributed by atoms with Crippen LogP contribution < -0.4 is 0 Å². The molecule has 0 spiro atoms. The van der Waals surface area contributed by atoms with Gasteiger partial charge in [-0.1, -0.05) is 0 Å². The fourth-order valence-electron chi connectivity index (χ4n) is 1.19. The van der Waals surface area contributed by atoms with Crippen LogP contribution in [0.2, 0.25) is 0 Å². The van der Waals surface area contributed by atoms with Crippen molar-refractivity contribution in [2.45, 2.75) is 19.8 Å². The molecule has 0 fully saturated rings. The average molecular weight is 292 g/mol. The lowest BCUT2D eigenvalue weighted by Gasteiger charge is -2.06. The van der Waals surface area contributed by atoms with Gasteiger partial charge in [0.1, 0.15) is 0 Å². The van der Waals surface area contributed by atoms with E-state index in [4.69, 9.17) is 18.9 Å². The second-order valence-corrected chi connectivity index (χ2v) is 3.72. The number of ether oxygens (including phenoxy) is 5. The van der Waals surface area contributed by atoms with Crippen molar-refractivity contribution < 1.29 is 33.3 Å². The topological polar surface area (TPSA) is 80.3 Å². The minimum atomic E-state index is -0.291. The van der Waals surface area contributed by atoms with Crippen LogP contribution in [0, 0.1) is 0 Å². The molecule has 118 valence electrons. The number of methoxy groups -OCH3 is 1. The number of hydrogen-bond donors (Lipinski definition) is 0. The van der Waals surface area contributed by atoms with Gasteiger partial charge in [0, 0.05) is 0 Å². The summed E-state index contributed by atoms with van der Waals surface area (Å²) in [7, 11) is 1.34. The molecule has 0 saturated carbocycles. The molecule has 0 unspecified atom stereocenters. The first-order chi connectivity index (χ1) is 9.70. The van der Waals surface area contributed by atoms with E-state index in [1.165, 1.54) is 7.11 Å². The minimum Gasteiger partial charge on any atom is -0.469 e. The third kappa shape index (κ3) is 13.3. The van der Waals surface area contributed by atoms with Gasteiger partial charge in [0.2, 0.25) is 0 Å². The predicted molar refractivity (Wildman–Crippen MR) is 70.3 cm³/mol. The summed E-state index contributed by atoms with van der Waals surface area (Å²) in [5, 5.41) is 0. The summed E-state index contributed by atoms with van der Waals surface area (Å²) in [6, 6.07) is 0. The van der Waals surface area contributed by atoms with Crippen LogP contribution in [0.3, 0.4) is 0 Å². The van der Waals surface area contributed by atoms with E-state index >= 15 is 0 Å². The van der Waals surface area contributed by atoms with Crippen LogP contribution in [0.15, 0.2) is 0 Å². The Kier molecular flexibility index (Phi) is 13.4. The Hall–Kier alpha value is -1.18. The van der Waals surface area contributed by atoms with Crippen LogP contribution in [0.5, 0.6) is 0 Å². The largest absolute Gasteiger partial charge is 0.469 e. The van der Waals surface area contributed by atoms with Crippen LogP contribution in [0.1, 0.15) is 19.8 Å². The second-order valence-electron chi connectivity index (χ2n) is 3.72. The first kappa shape index (κ1) is 18.8. The van der Waals surface area contributed by atoms with Gasteiger partial charge in [-0.2, -0.15) is 0 Å². The number of carbonyl (C=O) groups is 2. The van der Waals surface area contributed by atoms with E-state index in [0.717, 1.165) is 0 Å². The lowest BCUT2D eigenvalue weighted by molar-refractivity contribution is -0.144. The minimum absolute atomic E-state index is 0.244. The maximum absolute atomic E-state index is 11.0. The summed E-state index contributed by atoms with van der Waals surface area (Å²) in [4.78, 5) is 21.7. The van der Waals surface area contributed by atoms with Crippen LogP contribution in [0.25, 0.3) is 0 Å². The van der Waals surface area contributed by atoms with Crippen LogP contribution in [0.4, 0.5) is 0 Å². The molecule has 0 aromatic carbocycles. The third-order valence-corrected chi connectivity index (χ3v) is 2.18. The molecule has 0 rings (SSSR count). The van der Waals surface area contributed by atoms with Crippen LogP contribution >= 0.6 is 0 Å². The van der Waals surface area contributed by atoms with Crippen LogP contribution in [-0.4, -0.2) is 65.3 Å². The van der Waals surface area contributed by atoms with E-state index in [0.29, 0.717) is 46.2 Å². The van der Waals surface area contributed by atoms with Gasteiger partial charge < -0.3 is 23.7 Å². The predicted octanol–water partition coefficient (Wildman–Crippen LogP) is 0.553. The molecule has 7 heteroatoms. The number of carbonyl (C=O) groups excluding carboxylic acids is 2. The Balaban J connectivity index is 3.10. The molecule has 0 heterocycles. The average Bonchev–Trinajstić information content (AvgIpc) is 2.44. The van der Waals surface area contributed by atoms with Crippen molar-refractivity contribution in [3.05, 3.63) is 0 Å². The van der Waals surface area contributed by atoms with Crippen molar-refractivity contribution in [2.75, 3.05) is 53.4 Å². The van der Waals surface area contributed by atoms with Gasteiger partial charge in [-0.05, 0) is 6.92 Å². The normalized spacial score (nSPS) is 10.3. The molecule has 0 atom stereocenters. The molecular formula is C13H24O7. The molecule has 0 aliphatic rings.